The second-order valence-electron chi connectivity index (χ2n) is 4.23. The number of rotatable bonds is 7. The van der Waals surface area contributed by atoms with E-state index in [0.29, 0.717) is 0 Å². The van der Waals surface area contributed by atoms with Crippen molar-refractivity contribution in [2.75, 3.05) is 6.54 Å². The number of nitrogens with one attached hydrogen (secondary N) is 3. The van der Waals surface area contributed by atoms with Crippen molar-refractivity contribution in [3.05, 3.63) is 0 Å². The van der Waals surface area contributed by atoms with Crippen molar-refractivity contribution in [3.8, 4) is 0 Å². The van der Waals surface area contributed by atoms with Gasteiger partial charge in [-0.1, -0.05) is 13.8 Å². The van der Waals surface area contributed by atoms with E-state index in [9.17, 15) is 9.59 Å². The van der Waals surface area contributed by atoms with Gasteiger partial charge in [-0.3, -0.25) is 20.7 Å². The van der Waals surface area contributed by atoms with E-state index >= 15 is 0 Å². The second kappa shape index (κ2) is 13.0. The smallest absolute Gasteiger partial charge is 0.328 e. The normalized spacial score (nSPS) is 11.1. The molecule has 0 aliphatic heterocycles. The molecule has 0 aliphatic rings. The molecule has 0 fully saturated rings. The zero-order valence-corrected chi connectivity index (χ0v) is 12.8. The highest BCUT2D eigenvalue weighted by atomic mass is 16.4. The summed E-state index contributed by atoms with van der Waals surface area (Å²) in [5.74, 6) is 17.7. The van der Waals surface area contributed by atoms with Gasteiger partial charge in [0.15, 0.2) is 6.04 Å². The molecular formula is C9H24N10O4. The Morgan fingerprint density at radius 3 is 2.04 bits per heavy atom. The van der Waals surface area contributed by atoms with Gasteiger partial charge in [0, 0.05) is 0 Å². The topological polar surface area (TPSA) is 243 Å². The van der Waals surface area contributed by atoms with Crippen molar-refractivity contribution in [2.45, 2.75) is 19.9 Å². The van der Waals surface area contributed by atoms with Gasteiger partial charge in [-0.15, -0.1) is 0 Å². The quantitative estimate of drug-likeness (QED) is 0.0935. The summed E-state index contributed by atoms with van der Waals surface area (Å²) in [6.07, 6.45) is 1.06. The average molecular weight is 336 g/mol. The Morgan fingerprint density at radius 1 is 1.22 bits per heavy atom. The van der Waals surface area contributed by atoms with Crippen LogP contribution in [0.25, 0.3) is 0 Å². The van der Waals surface area contributed by atoms with E-state index in [1.54, 1.807) is 13.8 Å². The van der Waals surface area contributed by atoms with E-state index in [1.807, 2.05) is 5.53 Å². The second-order valence-corrected chi connectivity index (χ2v) is 4.23. The minimum atomic E-state index is -1.04. The van der Waals surface area contributed by atoms with E-state index in [1.165, 1.54) is 0 Å². The van der Waals surface area contributed by atoms with Gasteiger partial charge < -0.3 is 10.2 Å². The molecule has 14 nitrogen and oxygen atoms in total. The van der Waals surface area contributed by atoms with Crippen LogP contribution in [-0.4, -0.2) is 52.0 Å². The number of hydrogen-bond donors (Lipinski definition) is 9. The van der Waals surface area contributed by atoms with E-state index < -0.39 is 18.0 Å². The van der Waals surface area contributed by atoms with Gasteiger partial charge in [-0.2, -0.15) is 5.10 Å². The standard InChI is InChI=1S/C6H15N5O2.C3H9N5O2/c1-3(2)4(5(12)13)9-6(10-7)11-8;4-7-6-2-8(5)1-3(9)10/h3-4H,7-8H2,1-2H3,(H,12,13)(H2,9,10,11);2,7H,1,4-5H2,(H,9,10)/t4-;/m0./s1. The zero-order valence-electron chi connectivity index (χ0n) is 12.8. The Kier molecular flexibility index (Phi) is 12.8. The van der Waals surface area contributed by atoms with Crippen LogP contribution in [0.15, 0.2) is 10.1 Å². The number of hydrazone groups is 1. The van der Waals surface area contributed by atoms with Gasteiger partial charge in [-0.05, 0) is 5.92 Å². The first-order valence-corrected chi connectivity index (χ1v) is 6.15. The van der Waals surface area contributed by atoms with E-state index in [2.05, 4.69) is 20.9 Å². The number of carboxylic acid groups (broad SMARTS) is 2. The maximum Gasteiger partial charge on any atom is 0.328 e. The lowest BCUT2D eigenvalue weighted by molar-refractivity contribution is -0.139. The summed E-state index contributed by atoms with van der Waals surface area (Å²) in [5, 5.41) is 21.0. The molecule has 1 atom stereocenters. The molecule has 0 heterocycles. The first-order chi connectivity index (χ1) is 10.7. The Bertz CT molecular complexity index is 407. The molecule has 0 spiro atoms. The minimum absolute atomic E-state index is 0.0427. The number of carboxylic acids is 2. The number of nitrogens with two attached hydrogens (primary N) is 4. The molecule has 0 saturated carbocycles. The SMILES string of the molecule is CC(C)[C@H](N=C(NN)NN)C(=O)O.NNN=CN(N)CC(=O)O. The predicted octanol–water partition coefficient (Wildman–Crippen LogP) is -3.97. The molecule has 134 valence electrons. The lowest BCUT2D eigenvalue weighted by Gasteiger charge is -2.13. The molecule has 0 amide bonds. The third-order valence-corrected chi connectivity index (χ3v) is 2.02. The Balaban J connectivity index is 0. The van der Waals surface area contributed by atoms with Crippen LogP contribution >= 0.6 is 0 Å². The van der Waals surface area contributed by atoms with Crippen molar-refractivity contribution in [3.63, 3.8) is 0 Å². The summed E-state index contributed by atoms with van der Waals surface area (Å²) in [6, 6.07) is -0.859. The van der Waals surface area contributed by atoms with Crippen LogP contribution in [0, 0.1) is 5.92 Å². The van der Waals surface area contributed by atoms with E-state index in [4.69, 9.17) is 33.6 Å². The van der Waals surface area contributed by atoms with Crippen molar-refractivity contribution >= 4 is 24.2 Å². The van der Waals surface area contributed by atoms with Crippen molar-refractivity contribution in [2.24, 2.45) is 39.4 Å². The molecular weight excluding hydrogens is 312 g/mol. The van der Waals surface area contributed by atoms with Crippen molar-refractivity contribution < 1.29 is 19.8 Å². The summed E-state index contributed by atoms with van der Waals surface area (Å²) in [4.78, 5) is 24.4. The fourth-order valence-electron chi connectivity index (χ4n) is 1.05. The number of aliphatic imine (C=N–C) groups is 1. The van der Waals surface area contributed by atoms with Crippen molar-refractivity contribution in [1.82, 2.24) is 21.4 Å². The first kappa shape index (κ1) is 22.6. The monoisotopic (exact) mass is 336 g/mol. The zero-order chi connectivity index (χ0) is 18.4. The van der Waals surface area contributed by atoms with Gasteiger partial charge in [0.2, 0.25) is 5.96 Å². The van der Waals surface area contributed by atoms with Crippen LogP contribution in [0.1, 0.15) is 13.8 Å². The number of guanidine groups is 1. The maximum atomic E-state index is 10.7. The van der Waals surface area contributed by atoms with E-state index in [0.717, 1.165) is 11.3 Å². The predicted molar refractivity (Wildman–Crippen MR) is 82.7 cm³/mol. The van der Waals surface area contributed by atoms with Crippen molar-refractivity contribution in [1.29, 1.82) is 0 Å². The number of hydrazine groups is 4. The number of nitrogens with zero attached hydrogens (tertiary/aromatic N) is 3. The summed E-state index contributed by atoms with van der Waals surface area (Å²) >= 11 is 0. The molecule has 0 aromatic carbocycles. The lowest BCUT2D eigenvalue weighted by atomic mass is 10.1. The molecule has 0 rings (SSSR count). The molecule has 0 saturated heterocycles. The van der Waals surface area contributed by atoms with Crippen LogP contribution in [-0.2, 0) is 9.59 Å². The Morgan fingerprint density at radius 2 is 1.74 bits per heavy atom. The van der Waals surface area contributed by atoms with E-state index in [-0.39, 0.29) is 18.4 Å². The average Bonchev–Trinajstić information content (AvgIpc) is 2.45. The van der Waals surface area contributed by atoms with Crippen LogP contribution in [0.2, 0.25) is 0 Å². The van der Waals surface area contributed by atoms with Gasteiger partial charge in [-0.25, -0.2) is 38.7 Å². The summed E-state index contributed by atoms with van der Waals surface area (Å²) in [6.45, 7) is 3.17. The summed E-state index contributed by atoms with van der Waals surface area (Å²) < 4.78 is 0. The molecule has 14 heteroatoms. The van der Waals surface area contributed by atoms with Crippen LogP contribution in [0.4, 0.5) is 0 Å². The number of aliphatic carboxylic acids is 2. The molecule has 0 bridgehead atoms. The van der Waals surface area contributed by atoms with Gasteiger partial charge >= 0.3 is 11.9 Å². The first-order valence-electron chi connectivity index (χ1n) is 6.15. The molecule has 0 unspecified atom stereocenters. The fraction of sp³-hybridized carbons (Fsp3) is 0.556. The third kappa shape index (κ3) is 12.8. The highest BCUT2D eigenvalue weighted by Gasteiger charge is 2.20. The summed E-state index contributed by atoms with van der Waals surface area (Å²) in [5.41, 5.74) is 6.21. The Hall–Kier alpha value is -2.68. The molecule has 23 heavy (non-hydrogen) atoms. The minimum Gasteiger partial charge on any atom is -0.480 e. The van der Waals surface area contributed by atoms with Crippen LogP contribution in [0.5, 0.6) is 0 Å². The van der Waals surface area contributed by atoms with Gasteiger partial charge in [0.25, 0.3) is 0 Å². The fourth-order valence-corrected chi connectivity index (χ4v) is 1.05. The van der Waals surface area contributed by atoms with Gasteiger partial charge in [0.05, 0.1) is 0 Å². The highest BCUT2D eigenvalue weighted by molar-refractivity contribution is 5.83. The number of hydrogen-bond acceptors (Lipinski definition) is 9. The third-order valence-electron chi connectivity index (χ3n) is 2.02. The highest BCUT2D eigenvalue weighted by Crippen LogP contribution is 2.05. The van der Waals surface area contributed by atoms with Crippen LogP contribution in [0.3, 0.4) is 0 Å². The largest absolute Gasteiger partial charge is 0.480 e. The molecule has 0 radical (unpaired) electrons. The van der Waals surface area contributed by atoms with Crippen LogP contribution < -0.4 is 39.8 Å². The molecule has 0 aromatic heterocycles. The Labute approximate surface area is 132 Å². The van der Waals surface area contributed by atoms with Gasteiger partial charge in [0.1, 0.15) is 12.9 Å². The molecule has 13 N–H and O–H groups in total. The molecule has 0 aromatic rings. The number of carbonyl (C=O) groups is 2. The lowest BCUT2D eigenvalue weighted by Crippen LogP contribution is -2.46. The maximum absolute atomic E-state index is 10.7. The molecule has 0 aliphatic carbocycles. The summed E-state index contributed by atoms with van der Waals surface area (Å²) in [7, 11) is 0.